The summed E-state index contributed by atoms with van der Waals surface area (Å²) in [5.41, 5.74) is 4.60. The van der Waals surface area contributed by atoms with Crippen LogP contribution in [-0.2, 0) is 4.74 Å². The van der Waals surface area contributed by atoms with Crippen LogP contribution in [0.3, 0.4) is 0 Å². The third-order valence-electron chi connectivity index (χ3n) is 6.08. The summed E-state index contributed by atoms with van der Waals surface area (Å²) in [6.45, 7) is 5.79. The molecule has 1 aliphatic heterocycles. The zero-order valence-electron chi connectivity index (χ0n) is 18.7. The van der Waals surface area contributed by atoms with Gasteiger partial charge in [-0.2, -0.15) is 0 Å². The highest BCUT2D eigenvalue weighted by Crippen LogP contribution is 2.36. The molecule has 1 aromatic heterocycles. The molecule has 0 unspecified atom stereocenters. The first kappa shape index (κ1) is 21.7. The first-order valence-electron chi connectivity index (χ1n) is 10.9. The molecule has 2 aromatic carbocycles. The molecule has 166 valence electrons. The number of anilines is 2. The molecule has 0 atom stereocenters. The molecular weight excluding hydrogens is 404 g/mol. The molecular formula is C26H28N2O4. The van der Waals surface area contributed by atoms with E-state index in [9.17, 15) is 9.59 Å². The number of methoxy groups -OCH3 is 1. The lowest BCUT2D eigenvalue weighted by Crippen LogP contribution is -2.33. The highest BCUT2D eigenvalue weighted by Gasteiger charge is 2.25. The zero-order chi connectivity index (χ0) is 22.7. The smallest absolute Gasteiger partial charge is 0.337 e. The Bertz CT molecular complexity index is 1130. The second-order valence-electron chi connectivity index (χ2n) is 8.21. The molecule has 0 radical (unpaired) electrons. The highest BCUT2D eigenvalue weighted by molar-refractivity contribution is 6.03. The van der Waals surface area contributed by atoms with Gasteiger partial charge in [0.05, 0.1) is 12.7 Å². The number of aryl methyl sites for hydroxylation is 2. The molecule has 0 bridgehead atoms. The monoisotopic (exact) mass is 432 g/mol. The Hall–Kier alpha value is -3.54. The largest absolute Gasteiger partial charge is 0.465 e. The molecule has 4 rings (SSSR count). The number of benzene rings is 2. The van der Waals surface area contributed by atoms with E-state index in [1.54, 1.807) is 31.2 Å². The summed E-state index contributed by atoms with van der Waals surface area (Å²) in [4.78, 5) is 27.3. The number of para-hydroxylation sites is 1. The normalized spacial score (nSPS) is 14.3. The topological polar surface area (TPSA) is 71.8 Å². The van der Waals surface area contributed by atoms with Crippen molar-refractivity contribution in [3.8, 4) is 0 Å². The minimum absolute atomic E-state index is 0.242. The van der Waals surface area contributed by atoms with Crippen molar-refractivity contribution in [1.29, 1.82) is 0 Å². The van der Waals surface area contributed by atoms with Gasteiger partial charge in [0.15, 0.2) is 5.76 Å². The molecule has 0 saturated carbocycles. The first-order chi connectivity index (χ1) is 15.5. The number of amides is 1. The number of nitrogens with one attached hydrogen (secondary N) is 1. The molecule has 1 aliphatic rings. The third kappa shape index (κ3) is 4.54. The number of carbonyl (C=O) groups is 2. The van der Waals surface area contributed by atoms with Gasteiger partial charge in [0.1, 0.15) is 5.76 Å². The van der Waals surface area contributed by atoms with Crippen LogP contribution in [0, 0.1) is 13.8 Å². The van der Waals surface area contributed by atoms with Gasteiger partial charge in [-0.25, -0.2) is 4.79 Å². The molecule has 1 amide bonds. The number of piperidine rings is 1. The number of nitrogens with zero attached hydrogens (tertiary/aromatic N) is 1. The quantitative estimate of drug-likeness (QED) is 0.553. The maximum Gasteiger partial charge on any atom is 0.337 e. The van der Waals surface area contributed by atoms with E-state index >= 15 is 0 Å². The van der Waals surface area contributed by atoms with Crippen LogP contribution in [0.2, 0.25) is 0 Å². The van der Waals surface area contributed by atoms with Gasteiger partial charge in [-0.05, 0) is 74.1 Å². The Labute approximate surface area is 188 Å². The fourth-order valence-electron chi connectivity index (χ4n) is 4.36. The number of hydrogen-bond donors (Lipinski definition) is 1. The van der Waals surface area contributed by atoms with Gasteiger partial charge in [0.2, 0.25) is 0 Å². The van der Waals surface area contributed by atoms with Crippen LogP contribution in [0.4, 0.5) is 11.4 Å². The average Bonchev–Trinajstić information content (AvgIpc) is 3.25. The van der Waals surface area contributed by atoms with E-state index in [2.05, 4.69) is 41.4 Å². The predicted molar refractivity (Wildman–Crippen MR) is 125 cm³/mol. The maximum absolute atomic E-state index is 12.8. The van der Waals surface area contributed by atoms with E-state index in [1.165, 1.54) is 18.4 Å². The molecule has 0 spiro atoms. The van der Waals surface area contributed by atoms with Crippen molar-refractivity contribution < 1.29 is 18.7 Å². The molecule has 32 heavy (non-hydrogen) atoms. The van der Waals surface area contributed by atoms with Gasteiger partial charge in [-0.3, -0.25) is 4.79 Å². The Morgan fingerprint density at radius 3 is 2.44 bits per heavy atom. The van der Waals surface area contributed by atoms with Gasteiger partial charge >= 0.3 is 5.97 Å². The van der Waals surface area contributed by atoms with Crippen molar-refractivity contribution in [2.45, 2.75) is 32.6 Å². The minimum Gasteiger partial charge on any atom is -0.465 e. The number of ether oxygens (including phenoxy) is 1. The van der Waals surface area contributed by atoms with E-state index in [1.807, 2.05) is 6.07 Å². The minimum atomic E-state index is -0.435. The van der Waals surface area contributed by atoms with E-state index in [-0.39, 0.29) is 17.6 Å². The van der Waals surface area contributed by atoms with Crippen LogP contribution in [0.5, 0.6) is 0 Å². The van der Waals surface area contributed by atoms with Gasteiger partial charge in [-0.15, -0.1) is 0 Å². The van der Waals surface area contributed by atoms with Crippen LogP contribution in [0.1, 0.15) is 56.6 Å². The van der Waals surface area contributed by atoms with Crippen molar-refractivity contribution in [3.05, 3.63) is 82.8 Å². The number of rotatable bonds is 5. The van der Waals surface area contributed by atoms with Gasteiger partial charge < -0.3 is 19.4 Å². The first-order valence-corrected chi connectivity index (χ1v) is 10.9. The summed E-state index contributed by atoms with van der Waals surface area (Å²) in [6, 6.07) is 17.2. The lowest BCUT2D eigenvalue weighted by atomic mass is 9.87. The Morgan fingerprint density at radius 1 is 1.03 bits per heavy atom. The lowest BCUT2D eigenvalue weighted by Gasteiger charge is -2.35. The molecule has 3 aromatic rings. The Balaban J connectivity index is 1.57. The SMILES string of the molecule is COC(=O)c1ccc(C2CCN(c3ccccc3C)CC2)c(NC(=O)c2ccc(C)o2)c1. The summed E-state index contributed by atoms with van der Waals surface area (Å²) < 4.78 is 10.3. The Kier molecular flexibility index (Phi) is 6.30. The maximum atomic E-state index is 12.8. The third-order valence-corrected chi connectivity index (χ3v) is 6.08. The molecule has 2 heterocycles. The summed E-state index contributed by atoms with van der Waals surface area (Å²) in [7, 11) is 1.35. The van der Waals surface area contributed by atoms with Crippen LogP contribution in [-0.4, -0.2) is 32.1 Å². The summed E-state index contributed by atoms with van der Waals surface area (Å²) in [6.07, 6.45) is 1.91. The summed E-state index contributed by atoms with van der Waals surface area (Å²) in [5.74, 6) is 0.415. The van der Waals surface area contributed by atoms with E-state index in [0.717, 1.165) is 31.5 Å². The predicted octanol–water partition coefficient (Wildman–Crippen LogP) is 5.32. The van der Waals surface area contributed by atoms with Crippen molar-refractivity contribution in [2.75, 3.05) is 30.4 Å². The second-order valence-corrected chi connectivity index (χ2v) is 8.21. The number of hydrogen-bond acceptors (Lipinski definition) is 5. The fourth-order valence-corrected chi connectivity index (χ4v) is 4.36. The standard InChI is InChI=1S/C26H28N2O4/c1-17-6-4-5-7-23(17)28-14-12-19(13-15-28)21-10-9-20(26(30)31-3)16-22(21)27-25(29)24-11-8-18(2)32-24/h4-11,16,19H,12-15H2,1-3H3,(H,27,29). The lowest BCUT2D eigenvalue weighted by molar-refractivity contribution is 0.0600. The molecule has 6 heteroatoms. The number of furan rings is 1. The molecule has 0 aliphatic carbocycles. The van der Waals surface area contributed by atoms with Crippen molar-refractivity contribution >= 4 is 23.3 Å². The average molecular weight is 433 g/mol. The van der Waals surface area contributed by atoms with Gasteiger partial charge in [0.25, 0.3) is 5.91 Å². The fraction of sp³-hybridized carbons (Fsp3) is 0.308. The highest BCUT2D eigenvalue weighted by atomic mass is 16.5. The molecule has 6 nitrogen and oxygen atoms in total. The molecule has 1 fully saturated rings. The molecule has 1 N–H and O–H groups in total. The van der Waals surface area contributed by atoms with Crippen LogP contribution in [0.25, 0.3) is 0 Å². The molecule has 1 saturated heterocycles. The van der Waals surface area contributed by atoms with Crippen LogP contribution < -0.4 is 10.2 Å². The number of esters is 1. The van der Waals surface area contributed by atoms with Crippen LogP contribution in [0.15, 0.2) is 59.0 Å². The van der Waals surface area contributed by atoms with Gasteiger partial charge in [-0.1, -0.05) is 24.3 Å². The summed E-state index contributed by atoms with van der Waals surface area (Å²) in [5, 5.41) is 2.95. The zero-order valence-corrected chi connectivity index (χ0v) is 18.7. The van der Waals surface area contributed by atoms with Crippen LogP contribution >= 0.6 is 0 Å². The van der Waals surface area contributed by atoms with E-state index < -0.39 is 5.97 Å². The van der Waals surface area contributed by atoms with Crippen molar-refractivity contribution in [3.63, 3.8) is 0 Å². The second kappa shape index (κ2) is 9.30. The number of carbonyl (C=O) groups excluding carboxylic acids is 2. The summed E-state index contributed by atoms with van der Waals surface area (Å²) >= 11 is 0. The van der Waals surface area contributed by atoms with E-state index in [4.69, 9.17) is 9.15 Å². The van der Waals surface area contributed by atoms with Crippen molar-refractivity contribution in [2.24, 2.45) is 0 Å². The van der Waals surface area contributed by atoms with E-state index in [0.29, 0.717) is 17.0 Å². The Morgan fingerprint density at radius 2 is 1.78 bits per heavy atom. The van der Waals surface area contributed by atoms with Gasteiger partial charge in [0, 0.05) is 24.5 Å². The van der Waals surface area contributed by atoms with Crippen molar-refractivity contribution in [1.82, 2.24) is 0 Å².